The number of H-pyrrole nitrogens is 1. The van der Waals surface area contributed by atoms with Crippen LogP contribution in [0.2, 0.25) is 0 Å². The molecule has 4 aromatic heterocycles. The van der Waals surface area contributed by atoms with Gasteiger partial charge in [0, 0.05) is 17.6 Å². The minimum absolute atomic E-state index is 0.0175. The lowest BCUT2D eigenvalue weighted by Gasteiger charge is -1.99. The summed E-state index contributed by atoms with van der Waals surface area (Å²) < 4.78 is 0.635. The molecule has 0 amide bonds. The highest BCUT2D eigenvalue weighted by molar-refractivity contribution is 7.25. The molecule has 5 nitrogen and oxygen atoms in total. The molecule has 0 saturated heterocycles. The highest BCUT2D eigenvalue weighted by atomic mass is 32.1. The van der Waals surface area contributed by atoms with Crippen LogP contribution in [-0.2, 0) is 0 Å². The summed E-state index contributed by atoms with van der Waals surface area (Å²) in [5.41, 5.74) is 1.85. The molecule has 0 aliphatic carbocycles. The smallest absolute Gasteiger partial charge is 0.252 e. The van der Waals surface area contributed by atoms with Crippen molar-refractivity contribution in [3.8, 4) is 17.1 Å². The fourth-order valence-corrected chi connectivity index (χ4v) is 3.33. The number of rotatable bonds is 1. The van der Waals surface area contributed by atoms with E-state index >= 15 is 0 Å². The molecule has 6 heteroatoms. The van der Waals surface area contributed by atoms with Crippen molar-refractivity contribution in [3.63, 3.8) is 0 Å². The average Bonchev–Trinajstić information content (AvgIpc) is 2.86. The van der Waals surface area contributed by atoms with E-state index in [0.29, 0.717) is 10.2 Å². The molecule has 0 fully saturated rings. The van der Waals surface area contributed by atoms with Crippen molar-refractivity contribution >= 4 is 31.8 Å². The Morgan fingerprint density at radius 1 is 1.14 bits per heavy atom. The van der Waals surface area contributed by atoms with E-state index in [-0.39, 0.29) is 11.3 Å². The molecule has 0 spiro atoms. The van der Waals surface area contributed by atoms with Crippen molar-refractivity contribution in [3.05, 3.63) is 52.9 Å². The van der Waals surface area contributed by atoms with Gasteiger partial charge in [-0.15, -0.1) is 11.3 Å². The summed E-state index contributed by atoms with van der Waals surface area (Å²) in [5, 5.41) is 10.7. The van der Waals surface area contributed by atoms with E-state index in [1.165, 1.54) is 17.4 Å². The fourth-order valence-electron chi connectivity index (χ4n) is 2.29. The predicted molar refractivity (Wildman–Crippen MR) is 82.6 cm³/mol. The Labute approximate surface area is 122 Å². The summed E-state index contributed by atoms with van der Waals surface area (Å²) in [5.74, 6) is -0.0175. The molecule has 4 rings (SSSR count). The van der Waals surface area contributed by atoms with Gasteiger partial charge >= 0.3 is 0 Å². The molecule has 2 N–H and O–H groups in total. The van der Waals surface area contributed by atoms with Crippen LogP contribution < -0.4 is 5.56 Å². The highest BCUT2D eigenvalue weighted by Gasteiger charge is 2.12. The van der Waals surface area contributed by atoms with Crippen molar-refractivity contribution in [1.29, 1.82) is 0 Å². The van der Waals surface area contributed by atoms with Gasteiger partial charge < -0.3 is 10.1 Å². The summed E-state index contributed by atoms with van der Waals surface area (Å²) >= 11 is 1.35. The standard InChI is InChI=1S/C15H9N3O2S/c19-11-7-12(20)18-13-8-4-5-10(9-3-1-2-6-16-9)17-15(8)21-14(11)13/h1-7H,(H2,18,19,20). The van der Waals surface area contributed by atoms with Crippen LogP contribution in [-0.4, -0.2) is 20.1 Å². The van der Waals surface area contributed by atoms with Crippen LogP contribution in [0.1, 0.15) is 0 Å². The molecule has 0 unspecified atom stereocenters. The lowest BCUT2D eigenvalue weighted by Crippen LogP contribution is -2.01. The predicted octanol–water partition coefficient (Wildman–Crippen LogP) is 2.91. The SMILES string of the molecule is O=c1cc(O)c2sc3nc(-c4ccccn4)ccc3c2[nH]1. The van der Waals surface area contributed by atoms with Crippen LogP contribution in [0.5, 0.6) is 5.75 Å². The fraction of sp³-hybridized carbons (Fsp3) is 0. The Kier molecular flexibility index (Phi) is 2.52. The van der Waals surface area contributed by atoms with Crippen molar-refractivity contribution in [2.75, 3.05) is 0 Å². The molecule has 4 aromatic rings. The number of fused-ring (bicyclic) bond motifs is 3. The first-order valence-corrected chi connectivity index (χ1v) is 7.11. The average molecular weight is 295 g/mol. The van der Waals surface area contributed by atoms with Gasteiger partial charge in [0.1, 0.15) is 10.6 Å². The lowest BCUT2D eigenvalue weighted by atomic mass is 10.2. The maximum absolute atomic E-state index is 11.5. The lowest BCUT2D eigenvalue weighted by molar-refractivity contribution is 0.481. The van der Waals surface area contributed by atoms with E-state index in [1.807, 2.05) is 30.3 Å². The van der Waals surface area contributed by atoms with Crippen LogP contribution >= 0.6 is 11.3 Å². The van der Waals surface area contributed by atoms with Gasteiger partial charge in [-0.05, 0) is 24.3 Å². The Morgan fingerprint density at radius 3 is 2.86 bits per heavy atom. The quantitative estimate of drug-likeness (QED) is 0.566. The largest absolute Gasteiger partial charge is 0.506 e. The van der Waals surface area contributed by atoms with Crippen molar-refractivity contribution in [2.24, 2.45) is 0 Å². The van der Waals surface area contributed by atoms with Gasteiger partial charge in [-0.1, -0.05) is 6.07 Å². The minimum Gasteiger partial charge on any atom is -0.506 e. The zero-order valence-electron chi connectivity index (χ0n) is 10.7. The second kappa shape index (κ2) is 4.39. The summed E-state index contributed by atoms with van der Waals surface area (Å²) in [6.45, 7) is 0. The van der Waals surface area contributed by atoms with Gasteiger partial charge in [0.2, 0.25) is 0 Å². The van der Waals surface area contributed by atoms with Gasteiger partial charge in [-0.3, -0.25) is 9.78 Å². The molecule has 0 saturated carbocycles. The summed E-state index contributed by atoms with van der Waals surface area (Å²) in [6, 6.07) is 10.6. The number of aromatic amines is 1. The van der Waals surface area contributed by atoms with Crippen molar-refractivity contribution in [1.82, 2.24) is 15.0 Å². The van der Waals surface area contributed by atoms with E-state index in [9.17, 15) is 9.90 Å². The van der Waals surface area contributed by atoms with Gasteiger partial charge in [-0.25, -0.2) is 4.98 Å². The number of aromatic nitrogens is 3. The van der Waals surface area contributed by atoms with Gasteiger partial charge in [0.15, 0.2) is 0 Å². The summed E-state index contributed by atoms with van der Waals surface area (Å²) in [6.07, 6.45) is 1.72. The van der Waals surface area contributed by atoms with Crippen LogP contribution in [0.3, 0.4) is 0 Å². The normalized spacial score (nSPS) is 11.2. The molecule has 102 valence electrons. The molecular weight excluding hydrogens is 286 g/mol. The third kappa shape index (κ3) is 1.88. The summed E-state index contributed by atoms with van der Waals surface area (Å²) in [7, 11) is 0. The maximum atomic E-state index is 11.5. The first-order valence-electron chi connectivity index (χ1n) is 6.29. The number of thiophene rings is 1. The number of hydrogen-bond donors (Lipinski definition) is 2. The number of nitrogens with zero attached hydrogens (tertiary/aromatic N) is 2. The van der Waals surface area contributed by atoms with Crippen LogP contribution in [0.4, 0.5) is 0 Å². The molecule has 4 heterocycles. The van der Waals surface area contributed by atoms with Crippen LogP contribution in [0.15, 0.2) is 47.4 Å². The van der Waals surface area contributed by atoms with E-state index in [4.69, 9.17) is 0 Å². The van der Waals surface area contributed by atoms with Crippen molar-refractivity contribution in [2.45, 2.75) is 0 Å². The van der Waals surface area contributed by atoms with Gasteiger partial charge in [0.05, 0.1) is 21.6 Å². The Morgan fingerprint density at radius 2 is 2.05 bits per heavy atom. The first-order chi connectivity index (χ1) is 10.2. The summed E-state index contributed by atoms with van der Waals surface area (Å²) in [4.78, 5) is 23.9. The molecule has 0 aromatic carbocycles. The second-order valence-electron chi connectivity index (χ2n) is 4.59. The van der Waals surface area contributed by atoms with E-state index in [2.05, 4.69) is 15.0 Å². The molecular formula is C15H9N3O2S. The number of hydrogen-bond acceptors (Lipinski definition) is 5. The van der Waals surface area contributed by atoms with Crippen molar-refractivity contribution < 1.29 is 5.11 Å². The first kappa shape index (κ1) is 12.0. The Balaban J connectivity index is 2.03. The molecule has 0 aliphatic rings. The Hall–Kier alpha value is -2.73. The molecule has 0 bridgehead atoms. The van der Waals surface area contributed by atoms with E-state index < -0.39 is 0 Å². The molecule has 0 aliphatic heterocycles. The monoisotopic (exact) mass is 295 g/mol. The third-order valence-corrected chi connectivity index (χ3v) is 4.35. The molecule has 0 radical (unpaired) electrons. The topological polar surface area (TPSA) is 78.9 Å². The highest BCUT2D eigenvalue weighted by Crippen LogP contribution is 2.36. The van der Waals surface area contributed by atoms with Crippen LogP contribution in [0.25, 0.3) is 31.8 Å². The van der Waals surface area contributed by atoms with Gasteiger partial charge in [0.25, 0.3) is 5.56 Å². The number of aromatic hydroxyl groups is 1. The van der Waals surface area contributed by atoms with E-state index in [1.54, 1.807) is 6.20 Å². The number of pyridine rings is 3. The maximum Gasteiger partial charge on any atom is 0.252 e. The minimum atomic E-state index is -0.325. The molecule has 21 heavy (non-hydrogen) atoms. The zero-order valence-corrected chi connectivity index (χ0v) is 11.5. The second-order valence-corrected chi connectivity index (χ2v) is 5.59. The number of nitrogens with one attached hydrogen (secondary N) is 1. The molecule has 0 atom stereocenters. The Bertz CT molecular complexity index is 1020. The third-order valence-electron chi connectivity index (χ3n) is 3.23. The van der Waals surface area contributed by atoms with Crippen LogP contribution in [0, 0.1) is 0 Å². The van der Waals surface area contributed by atoms with E-state index in [0.717, 1.165) is 21.6 Å². The van der Waals surface area contributed by atoms with Gasteiger partial charge in [-0.2, -0.15) is 0 Å². The zero-order chi connectivity index (χ0) is 14.4.